The van der Waals surface area contributed by atoms with E-state index in [0.717, 1.165) is 61.9 Å². The average Bonchev–Trinajstić information content (AvgIpc) is 3.84. The Hall–Kier alpha value is -4.29. The third-order valence-corrected chi connectivity index (χ3v) is 13.0. The van der Waals surface area contributed by atoms with Crippen molar-refractivity contribution in [2.75, 3.05) is 75.7 Å². The van der Waals surface area contributed by atoms with Gasteiger partial charge in [-0.05, 0) is 69.1 Å². The molecule has 3 fully saturated rings. The van der Waals surface area contributed by atoms with Gasteiger partial charge < -0.3 is 45.7 Å². The number of hydrogen-bond donors (Lipinski definition) is 5. The van der Waals surface area contributed by atoms with E-state index in [1.807, 2.05) is 40.9 Å². The molecule has 5 N–H and O–H groups in total. The largest absolute Gasteiger partial charge is 0.379 e. The van der Waals surface area contributed by atoms with Crippen LogP contribution in [0.4, 0.5) is 22.2 Å². The fraction of sp³-hybridized carbons (Fsp3) is 0.622. The maximum Gasteiger partial charge on any atom is 0.315 e. The minimum absolute atomic E-state index is 0.0471. The Morgan fingerprint density at radius 2 is 1.60 bits per heavy atom. The number of nitrogens with zero attached hydrogens (tertiary/aromatic N) is 3. The number of benzene rings is 1. The van der Waals surface area contributed by atoms with Crippen LogP contribution in [0.15, 0.2) is 43.1 Å². The quantitative estimate of drug-likeness (QED) is 0.0347. The number of aromatic nitrogens is 2. The summed E-state index contributed by atoms with van der Waals surface area (Å²) < 4.78 is 16.8. The van der Waals surface area contributed by atoms with E-state index in [0.29, 0.717) is 126 Å². The highest BCUT2D eigenvalue weighted by atomic mass is 35.5. The van der Waals surface area contributed by atoms with Gasteiger partial charge in [0.05, 0.1) is 44.7 Å². The Kier molecular flexibility index (Phi) is 21.9. The number of nitrogens with one attached hydrogen (secondary N) is 5. The van der Waals surface area contributed by atoms with Crippen LogP contribution < -0.4 is 26.6 Å². The van der Waals surface area contributed by atoms with Gasteiger partial charge in [-0.1, -0.05) is 42.8 Å². The summed E-state index contributed by atoms with van der Waals surface area (Å²) in [6.07, 6.45) is 12.1. The normalized spacial score (nSPS) is 18.3. The molecule has 0 aliphatic carbocycles. The Morgan fingerprint density at radius 3 is 2.37 bits per heavy atom. The van der Waals surface area contributed by atoms with Crippen molar-refractivity contribution in [3.05, 3.63) is 53.7 Å². The van der Waals surface area contributed by atoms with Crippen LogP contribution in [0.3, 0.4) is 0 Å². The lowest BCUT2D eigenvalue weighted by atomic mass is 10.0. The number of ether oxygens (including phenoxy) is 3. The zero-order chi connectivity index (χ0) is 44.7. The number of Topliss-reactive ketones (excluding diaryl/α,β-unsaturated/α-hetero) is 1. The molecule has 0 saturated carbocycles. The number of urea groups is 1. The monoisotopic (exact) mass is 912 g/mol. The maximum absolute atomic E-state index is 12.9. The summed E-state index contributed by atoms with van der Waals surface area (Å²) in [5.41, 5.74) is 1.52. The fourth-order valence-corrected chi connectivity index (χ4v) is 9.40. The van der Waals surface area contributed by atoms with E-state index in [-0.39, 0.29) is 48.2 Å². The SMILES string of the molecule is C=CC(=O)Cc1ccccc1Nc1nc(NC2CCN(C(=O)CCCC(=O)NCCCOCCOCCOCCCCC(=O)CCCC[C@@H]3SC[C@@H]4NC(=O)N[C@@H]43)CC2)ncc1Cl. The van der Waals surface area contributed by atoms with Gasteiger partial charge in [0.2, 0.25) is 17.8 Å². The van der Waals surface area contributed by atoms with Crippen molar-refractivity contribution in [1.29, 1.82) is 0 Å². The van der Waals surface area contributed by atoms with Crippen molar-refractivity contribution in [1.82, 2.24) is 30.8 Å². The van der Waals surface area contributed by atoms with Gasteiger partial charge in [0.25, 0.3) is 0 Å². The minimum Gasteiger partial charge on any atom is -0.379 e. The summed E-state index contributed by atoms with van der Waals surface area (Å²) in [6, 6.07) is 7.95. The average molecular weight is 914 g/mol. The molecule has 0 radical (unpaired) electrons. The molecule has 0 unspecified atom stereocenters. The first kappa shape index (κ1) is 49.7. The van der Waals surface area contributed by atoms with E-state index >= 15 is 0 Å². The molecule has 3 atom stereocenters. The summed E-state index contributed by atoms with van der Waals surface area (Å²) >= 11 is 8.32. The summed E-state index contributed by atoms with van der Waals surface area (Å²) in [5, 5.41) is 16.3. The van der Waals surface area contributed by atoms with Crippen LogP contribution in [0.2, 0.25) is 5.02 Å². The lowest BCUT2D eigenvalue weighted by Crippen LogP contribution is -2.42. The molecular weight excluding hydrogens is 848 g/mol. The summed E-state index contributed by atoms with van der Waals surface area (Å²) in [7, 11) is 0. The zero-order valence-electron chi connectivity index (χ0n) is 36.3. The van der Waals surface area contributed by atoms with E-state index in [1.54, 1.807) is 0 Å². The second kappa shape index (κ2) is 27.8. The van der Waals surface area contributed by atoms with Crippen LogP contribution in [0.25, 0.3) is 0 Å². The number of fused-ring (bicyclic) bond motifs is 1. The molecule has 63 heavy (non-hydrogen) atoms. The first-order valence-corrected chi connectivity index (χ1v) is 23.9. The number of carbonyl (C=O) groups is 5. The number of piperidine rings is 1. The number of hydrogen-bond acceptors (Lipinski definition) is 13. The smallest absolute Gasteiger partial charge is 0.315 e. The van der Waals surface area contributed by atoms with Gasteiger partial charge in [-0.2, -0.15) is 16.7 Å². The molecule has 4 heterocycles. The number of allylic oxidation sites excluding steroid dienone is 1. The first-order valence-electron chi connectivity index (χ1n) is 22.5. The van der Waals surface area contributed by atoms with Crippen molar-refractivity contribution in [2.24, 2.45) is 0 Å². The summed E-state index contributed by atoms with van der Waals surface area (Å²) in [5.74, 6) is 2.00. The van der Waals surface area contributed by atoms with Gasteiger partial charge in [-0.25, -0.2) is 9.78 Å². The lowest BCUT2D eigenvalue weighted by molar-refractivity contribution is -0.132. The van der Waals surface area contributed by atoms with Crippen LogP contribution in [0, 0.1) is 0 Å². The van der Waals surface area contributed by atoms with Crippen molar-refractivity contribution in [2.45, 2.75) is 113 Å². The van der Waals surface area contributed by atoms with Crippen LogP contribution >= 0.6 is 23.4 Å². The van der Waals surface area contributed by atoms with Gasteiger partial charge in [-0.15, -0.1) is 0 Å². The molecule has 3 aliphatic rings. The van der Waals surface area contributed by atoms with Gasteiger partial charge in [0.1, 0.15) is 10.8 Å². The van der Waals surface area contributed by atoms with Crippen LogP contribution in [0.5, 0.6) is 0 Å². The van der Waals surface area contributed by atoms with E-state index in [9.17, 15) is 24.0 Å². The van der Waals surface area contributed by atoms with Crippen molar-refractivity contribution in [3.63, 3.8) is 0 Å². The van der Waals surface area contributed by atoms with E-state index in [4.69, 9.17) is 25.8 Å². The third kappa shape index (κ3) is 18.0. The molecule has 1 aromatic heterocycles. The molecule has 3 aliphatic heterocycles. The van der Waals surface area contributed by atoms with Crippen LogP contribution in [-0.4, -0.2) is 133 Å². The summed E-state index contributed by atoms with van der Waals surface area (Å²) in [6.45, 7) is 8.29. The van der Waals surface area contributed by atoms with E-state index < -0.39 is 0 Å². The second-order valence-electron chi connectivity index (χ2n) is 16.1. The Morgan fingerprint density at radius 1 is 0.889 bits per heavy atom. The third-order valence-electron chi connectivity index (χ3n) is 11.2. The number of rotatable bonds is 31. The van der Waals surface area contributed by atoms with Gasteiger partial charge in [0, 0.05) is 87.7 Å². The number of thioether (sulfide) groups is 1. The highest BCUT2D eigenvalue weighted by Crippen LogP contribution is 2.33. The molecule has 5 rings (SSSR count). The molecule has 4 amide bonds. The molecule has 1 aromatic carbocycles. The number of ketones is 2. The minimum atomic E-state index is -0.0890. The van der Waals surface area contributed by atoms with Crippen LogP contribution in [-0.2, 0) is 39.8 Å². The molecule has 18 heteroatoms. The number of amides is 4. The molecule has 16 nitrogen and oxygen atoms in total. The topological polar surface area (TPSA) is 202 Å². The Bertz CT molecular complexity index is 1800. The number of unbranched alkanes of at least 4 members (excludes halogenated alkanes) is 2. The highest BCUT2D eigenvalue weighted by Gasteiger charge is 2.42. The number of anilines is 3. The molecule has 2 aromatic rings. The Balaban J connectivity index is 0.784. The molecular formula is C45H65ClN8O8S. The predicted octanol–water partition coefficient (Wildman–Crippen LogP) is 5.77. The Labute approximate surface area is 380 Å². The highest BCUT2D eigenvalue weighted by molar-refractivity contribution is 8.00. The summed E-state index contributed by atoms with van der Waals surface area (Å²) in [4.78, 5) is 71.7. The standard InChI is InChI=1S/C45H65ClN8O8S/c1-2-34(55)29-32-11-3-5-14-37(32)50-43-36(46)30-48-44(53-43)49-33-18-21-54(22-19-33)41(58)17-9-16-40(57)47-20-10-24-61-26-28-62-27-25-60-23-8-7-13-35(56)12-4-6-15-39-42-38(31-63-39)51-45(59)52-42/h2-3,5,11,14,30,33,38-39,42H,1,4,6-10,12-13,15-29,31H2,(H,47,57)(H2,51,52,59)(H2,48,49,50,53)/t38-,39-,42-/m0/s1. The van der Waals surface area contributed by atoms with Crippen LogP contribution in [0.1, 0.15) is 89.0 Å². The van der Waals surface area contributed by atoms with Gasteiger partial charge in [-0.3, -0.25) is 19.2 Å². The van der Waals surface area contributed by atoms with Crippen molar-refractivity contribution >= 4 is 70.2 Å². The van der Waals surface area contributed by atoms with Crippen molar-refractivity contribution < 1.29 is 38.2 Å². The predicted molar refractivity (Wildman–Crippen MR) is 246 cm³/mol. The fourth-order valence-electron chi connectivity index (χ4n) is 7.72. The molecule has 3 saturated heterocycles. The number of halogens is 1. The first-order chi connectivity index (χ1) is 30.7. The molecule has 0 spiro atoms. The lowest BCUT2D eigenvalue weighted by Gasteiger charge is -2.32. The van der Waals surface area contributed by atoms with E-state index in [1.165, 1.54) is 12.3 Å². The zero-order valence-corrected chi connectivity index (χ0v) is 37.9. The molecule has 0 bridgehead atoms. The van der Waals surface area contributed by atoms with Gasteiger partial charge in [0.15, 0.2) is 11.6 Å². The second-order valence-corrected chi connectivity index (χ2v) is 17.8. The van der Waals surface area contributed by atoms with E-state index in [2.05, 4.69) is 43.1 Å². The maximum atomic E-state index is 12.9. The number of para-hydroxylation sites is 1. The number of carbonyl (C=O) groups excluding carboxylic acids is 5. The van der Waals surface area contributed by atoms with Crippen molar-refractivity contribution in [3.8, 4) is 0 Å². The molecule has 346 valence electrons. The van der Waals surface area contributed by atoms with Gasteiger partial charge >= 0.3 is 6.03 Å². The number of likely N-dealkylation sites (tertiary alicyclic amines) is 1.